The van der Waals surface area contributed by atoms with Gasteiger partial charge in [-0.15, -0.1) is 11.3 Å². The highest BCUT2D eigenvalue weighted by molar-refractivity contribution is 7.09. The van der Waals surface area contributed by atoms with Gasteiger partial charge in [0.15, 0.2) is 0 Å². The molecule has 130 valence electrons. The van der Waals surface area contributed by atoms with Gasteiger partial charge in [0, 0.05) is 44.1 Å². The van der Waals surface area contributed by atoms with E-state index in [2.05, 4.69) is 20.4 Å². The zero-order valence-corrected chi connectivity index (χ0v) is 15.0. The lowest BCUT2D eigenvalue weighted by atomic mass is 9.84. The van der Waals surface area contributed by atoms with E-state index in [1.165, 1.54) is 0 Å². The lowest BCUT2D eigenvalue weighted by molar-refractivity contribution is -0.200. The maximum atomic E-state index is 6.09. The molecule has 24 heavy (non-hydrogen) atoms. The number of aryl methyl sites for hydroxylation is 2. The molecular weight excluding hydrogens is 326 g/mol. The van der Waals surface area contributed by atoms with Crippen LogP contribution in [-0.4, -0.2) is 46.4 Å². The molecule has 2 fully saturated rings. The van der Waals surface area contributed by atoms with Crippen LogP contribution in [0, 0.1) is 13.8 Å². The molecule has 0 aromatic carbocycles. The molecule has 0 amide bonds. The number of rotatable bonds is 5. The van der Waals surface area contributed by atoms with Crippen LogP contribution >= 0.6 is 11.3 Å². The van der Waals surface area contributed by atoms with Crippen molar-refractivity contribution >= 4 is 11.3 Å². The van der Waals surface area contributed by atoms with Crippen LogP contribution in [0.1, 0.15) is 35.0 Å². The fourth-order valence-electron chi connectivity index (χ4n) is 3.63. The number of likely N-dealkylation sites (tertiary alicyclic amines) is 1. The summed E-state index contributed by atoms with van der Waals surface area (Å²) in [4.78, 5) is 6.82. The highest BCUT2D eigenvalue weighted by Crippen LogP contribution is 2.36. The summed E-state index contributed by atoms with van der Waals surface area (Å²) in [7, 11) is 0. The molecule has 2 aromatic rings. The fraction of sp³-hybridized carbons (Fsp3) is 0.647. The Morgan fingerprint density at radius 1 is 1.38 bits per heavy atom. The van der Waals surface area contributed by atoms with E-state index in [0.717, 1.165) is 61.2 Å². The second kappa shape index (κ2) is 6.55. The topological polar surface area (TPSA) is 60.6 Å². The predicted octanol–water partition coefficient (Wildman–Crippen LogP) is 2.70. The van der Waals surface area contributed by atoms with Crippen LogP contribution in [0.4, 0.5) is 0 Å². The van der Waals surface area contributed by atoms with Crippen molar-refractivity contribution in [1.82, 2.24) is 15.0 Å². The van der Waals surface area contributed by atoms with Gasteiger partial charge in [0.1, 0.15) is 5.76 Å². The minimum Gasteiger partial charge on any atom is -0.372 e. The summed E-state index contributed by atoms with van der Waals surface area (Å²) in [5, 5.41) is 7.23. The lowest BCUT2D eigenvalue weighted by Gasteiger charge is -2.53. The summed E-state index contributed by atoms with van der Waals surface area (Å²) < 4.78 is 17.3. The van der Waals surface area contributed by atoms with Gasteiger partial charge in [-0.1, -0.05) is 5.16 Å². The van der Waals surface area contributed by atoms with Gasteiger partial charge in [0.25, 0.3) is 0 Å². The van der Waals surface area contributed by atoms with Crippen molar-refractivity contribution in [3.63, 3.8) is 0 Å². The fourth-order valence-corrected chi connectivity index (χ4v) is 4.22. The van der Waals surface area contributed by atoms with E-state index in [9.17, 15) is 0 Å². The zero-order chi connectivity index (χ0) is 16.6. The Bertz CT molecular complexity index is 693. The second-order valence-electron chi connectivity index (χ2n) is 6.89. The Morgan fingerprint density at radius 3 is 2.96 bits per heavy atom. The number of thiazole rings is 1. The van der Waals surface area contributed by atoms with Crippen LogP contribution in [-0.2, 0) is 22.6 Å². The smallest absolute Gasteiger partial charge is 0.133 e. The summed E-state index contributed by atoms with van der Waals surface area (Å²) in [5.74, 6) is 0.861. The zero-order valence-electron chi connectivity index (χ0n) is 14.2. The second-order valence-corrected chi connectivity index (χ2v) is 7.95. The van der Waals surface area contributed by atoms with Gasteiger partial charge in [-0.3, -0.25) is 4.90 Å². The summed E-state index contributed by atoms with van der Waals surface area (Å²) in [6.45, 7) is 8.03. The van der Waals surface area contributed by atoms with Gasteiger partial charge < -0.3 is 14.0 Å². The average Bonchev–Trinajstić information content (AvgIpc) is 3.13. The van der Waals surface area contributed by atoms with Gasteiger partial charge >= 0.3 is 0 Å². The van der Waals surface area contributed by atoms with E-state index in [1.54, 1.807) is 11.3 Å². The molecule has 2 aliphatic rings. The van der Waals surface area contributed by atoms with Crippen LogP contribution < -0.4 is 0 Å². The normalized spacial score (nSPS) is 23.5. The first kappa shape index (κ1) is 16.2. The van der Waals surface area contributed by atoms with Gasteiger partial charge in [0.05, 0.1) is 34.7 Å². The maximum Gasteiger partial charge on any atom is 0.133 e. The molecule has 6 nitrogen and oxygen atoms in total. The molecule has 7 heteroatoms. The van der Waals surface area contributed by atoms with E-state index in [-0.39, 0.29) is 11.7 Å². The van der Waals surface area contributed by atoms with E-state index in [4.69, 9.17) is 14.0 Å². The number of aromatic nitrogens is 2. The average molecular weight is 349 g/mol. The van der Waals surface area contributed by atoms with E-state index in [0.29, 0.717) is 6.61 Å². The van der Waals surface area contributed by atoms with Crippen LogP contribution in [0.15, 0.2) is 16.0 Å². The highest BCUT2D eigenvalue weighted by Gasteiger charge is 2.47. The summed E-state index contributed by atoms with van der Waals surface area (Å²) >= 11 is 1.67. The van der Waals surface area contributed by atoms with Gasteiger partial charge in [-0.2, -0.15) is 0 Å². The van der Waals surface area contributed by atoms with E-state index < -0.39 is 0 Å². The van der Waals surface area contributed by atoms with Crippen molar-refractivity contribution in [3.8, 4) is 0 Å². The molecule has 2 aromatic heterocycles. The third-order valence-corrected chi connectivity index (χ3v) is 5.49. The van der Waals surface area contributed by atoms with Crippen LogP contribution in [0.25, 0.3) is 0 Å². The molecule has 1 spiro atoms. The number of nitrogens with zero attached hydrogens (tertiary/aromatic N) is 3. The first-order valence-electron chi connectivity index (χ1n) is 8.41. The Balaban J connectivity index is 1.26. The van der Waals surface area contributed by atoms with Crippen molar-refractivity contribution in [1.29, 1.82) is 0 Å². The largest absolute Gasteiger partial charge is 0.372 e. The Labute approximate surface area is 145 Å². The predicted molar refractivity (Wildman–Crippen MR) is 89.9 cm³/mol. The highest BCUT2D eigenvalue weighted by atomic mass is 32.1. The molecule has 0 saturated carbocycles. The number of hydrogen-bond acceptors (Lipinski definition) is 7. The van der Waals surface area contributed by atoms with Crippen molar-refractivity contribution < 1.29 is 14.0 Å². The number of ether oxygens (including phenoxy) is 2. The Morgan fingerprint density at radius 2 is 2.25 bits per heavy atom. The molecule has 1 atom stereocenters. The molecular formula is C17H23N3O3S. The van der Waals surface area contributed by atoms with Crippen LogP contribution in [0.5, 0.6) is 0 Å². The van der Waals surface area contributed by atoms with Gasteiger partial charge in [-0.05, 0) is 20.3 Å². The van der Waals surface area contributed by atoms with E-state index in [1.807, 2.05) is 19.9 Å². The molecule has 0 bridgehead atoms. The van der Waals surface area contributed by atoms with Crippen molar-refractivity contribution in [2.24, 2.45) is 0 Å². The Kier molecular flexibility index (Phi) is 4.42. The summed E-state index contributed by atoms with van der Waals surface area (Å²) in [6.07, 6.45) is 2.19. The monoisotopic (exact) mass is 349 g/mol. The SMILES string of the molecule is Cc1cc(CN2CC3(C[C@@H](OCc4csc(C)n4)CCO3)C2)no1. The summed E-state index contributed by atoms with van der Waals surface area (Å²) in [5.41, 5.74) is 1.99. The maximum absolute atomic E-state index is 6.09. The molecule has 0 unspecified atom stereocenters. The standard InChI is InChI=1S/C17H23N3O3S/c1-12-5-14(19-23-12)7-20-10-17(11-20)6-16(3-4-22-17)21-8-15-9-24-13(2)18-15/h5,9,16H,3-4,6-8,10-11H2,1-2H3/t16-/m0/s1. The summed E-state index contributed by atoms with van der Waals surface area (Å²) in [6, 6.07) is 1.99. The van der Waals surface area contributed by atoms with E-state index >= 15 is 0 Å². The van der Waals surface area contributed by atoms with Crippen LogP contribution in [0.3, 0.4) is 0 Å². The molecule has 4 heterocycles. The quantitative estimate of drug-likeness (QED) is 0.827. The van der Waals surface area contributed by atoms with Crippen LogP contribution in [0.2, 0.25) is 0 Å². The van der Waals surface area contributed by atoms with Crippen molar-refractivity contribution in [2.75, 3.05) is 19.7 Å². The first-order chi connectivity index (χ1) is 11.6. The lowest BCUT2D eigenvalue weighted by Crippen LogP contribution is -2.65. The Hall–Kier alpha value is -1.28. The van der Waals surface area contributed by atoms with Gasteiger partial charge in [0.2, 0.25) is 0 Å². The number of hydrogen-bond donors (Lipinski definition) is 0. The molecule has 0 radical (unpaired) electrons. The molecule has 0 N–H and O–H groups in total. The molecule has 4 rings (SSSR count). The third kappa shape index (κ3) is 3.54. The third-order valence-electron chi connectivity index (χ3n) is 4.67. The van der Waals surface area contributed by atoms with Crippen molar-refractivity contribution in [2.45, 2.75) is 51.5 Å². The van der Waals surface area contributed by atoms with Crippen molar-refractivity contribution in [3.05, 3.63) is 33.6 Å². The van der Waals surface area contributed by atoms with Gasteiger partial charge in [-0.25, -0.2) is 4.98 Å². The molecule has 2 aliphatic heterocycles. The molecule has 2 saturated heterocycles. The minimum atomic E-state index is -0.0420. The first-order valence-corrected chi connectivity index (χ1v) is 9.29. The molecule has 0 aliphatic carbocycles. The minimum absolute atomic E-state index is 0.0420.